The van der Waals surface area contributed by atoms with Crippen LogP contribution in [-0.2, 0) is 4.79 Å². The van der Waals surface area contributed by atoms with Gasteiger partial charge in [0.05, 0.1) is 0 Å². The van der Waals surface area contributed by atoms with Gasteiger partial charge in [-0.1, -0.05) is 20.3 Å². The Hall–Kier alpha value is -0.570. The molecule has 0 bridgehead atoms. The summed E-state index contributed by atoms with van der Waals surface area (Å²) >= 11 is 0. The molecule has 0 saturated heterocycles. The molecule has 1 aliphatic carbocycles. The SMILES string of the molecule is CCC(CN)CC(=O)NCC1CC1C. The second-order valence-electron chi connectivity index (χ2n) is 4.49. The van der Waals surface area contributed by atoms with E-state index in [4.69, 9.17) is 5.73 Å². The summed E-state index contributed by atoms with van der Waals surface area (Å²) in [6.07, 6.45) is 2.85. The maximum atomic E-state index is 11.4. The molecule has 1 aliphatic rings. The normalized spacial score (nSPS) is 27.1. The summed E-state index contributed by atoms with van der Waals surface area (Å²) < 4.78 is 0. The van der Waals surface area contributed by atoms with Crippen molar-refractivity contribution in [3.8, 4) is 0 Å². The maximum absolute atomic E-state index is 11.4. The molecule has 1 amide bonds. The molecule has 0 aromatic carbocycles. The fourth-order valence-electron chi connectivity index (χ4n) is 1.66. The number of hydrogen-bond donors (Lipinski definition) is 2. The van der Waals surface area contributed by atoms with Crippen LogP contribution in [0.25, 0.3) is 0 Å². The topological polar surface area (TPSA) is 55.1 Å². The third-order valence-corrected chi connectivity index (χ3v) is 3.22. The van der Waals surface area contributed by atoms with Gasteiger partial charge in [-0.3, -0.25) is 4.79 Å². The number of rotatable bonds is 6. The predicted octanol–water partition coefficient (Wildman–Crippen LogP) is 1.13. The van der Waals surface area contributed by atoms with E-state index >= 15 is 0 Å². The van der Waals surface area contributed by atoms with Crippen molar-refractivity contribution >= 4 is 5.91 Å². The number of hydrogen-bond acceptors (Lipinski definition) is 2. The van der Waals surface area contributed by atoms with Crippen LogP contribution in [0.15, 0.2) is 0 Å². The van der Waals surface area contributed by atoms with E-state index in [0.29, 0.717) is 18.9 Å². The lowest BCUT2D eigenvalue weighted by Gasteiger charge is -2.11. The summed E-state index contributed by atoms with van der Waals surface area (Å²) in [7, 11) is 0. The van der Waals surface area contributed by atoms with Gasteiger partial charge in [0.2, 0.25) is 5.91 Å². The Morgan fingerprint density at radius 2 is 2.29 bits per heavy atom. The van der Waals surface area contributed by atoms with Crippen molar-refractivity contribution in [2.45, 2.75) is 33.1 Å². The molecular weight excluding hydrogens is 176 g/mol. The standard InChI is InChI=1S/C11H22N2O/c1-3-9(6-12)5-11(14)13-7-10-4-8(10)2/h8-10H,3-7,12H2,1-2H3,(H,13,14). The van der Waals surface area contributed by atoms with Crippen LogP contribution < -0.4 is 11.1 Å². The Bertz CT molecular complexity index is 190. The van der Waals surface area contributed by atoms with E-state index in [1.165, 1.54) is 6.42 Å². The molecule has 0 spiro atoms. The first kappa shape index (κ1) is 11.5. The highest BCUT2D eigenvalue weighted by Crippen LogP contribution is 2.36. The zero-order chi connectivity index (χ0) is 10.6. The Morgan fingerprint density at radius 3 is 2.71 bits per heavy atom. The van der Waals surface area contributed by atoms with Crippen LogP contribution >= 0.6 is 0 Å². The Kier molecular flexibility index (Phi) is 4.39. The summed E-state index contributed by atoms with van der Waals surface area (Å²) in [4.78, 5) is 11.4. The Labute approximate surface area is 86.4 Å². The average molecular weight is 198 g/mol. The lowest BCUT2D eigenvalue weighted by atomic mass is 10.0. The zero-order valence-corrected chi connectivity index (χ0v) is 9.25. The van der Waals surface area contributed by atoms with Crippen LogP contribution in [0.4, 0.5) is 0 Å². The third-order valence-electron chi connectivity index (χ3n) is 3.22. The van der Waals surface area contributed by atoms with Crippen molar-refractivity contribution in [3.05, 3.63) is 0 Å². The van der Waals surface area contributed by atoms with Gasteiger partial charge in [0.25, 0.3) is 0 Å². The second kappa shape index (κ2) is 5.35. The van der Waals surface area contributed by atoms with E-state index in [1.54, 1.807) is 0 Å². The number of amides is 1. The molecule has 1 fully saturated rings. The molecule has 0 aliphatic heterocycles. The minimum Gasteiger partial charge on any atom is -0.356 e. The predicted molar refractivity (Wildman–Crippen MR) is 57.7 cm³/mol. The molecule has 3 unspecified atom stereocenters. The molecule has 1 rings (SSSR count). The van der Waals surface area contributed by atoms with Crippen molar-refractivity contribution in [2.24, 2.45) is 23.5 Å². The van der Waals surface area contributed by atoms with Gasteiger partial charge < -0.3 is 11.1 Å². The van der Waals surface area contributed by atoms with Crippen LogP contribution in [0.1, 0.15) is 33.1 Å². The Balaban J connectivity index is 2.08. The van der Waals surface area contributed by atoms with Crippen LogP contribution in [0, 0.1) is 17.8 Å². The van der Waals surface area contributed by atoms with E-state index < -0.39 is 0 Å². The number of carbonyl (C=O) groups excluding carboxylic acids is 1. The molecule has 0 heterocycles. The van der Waals surface area contributed by atoms with Crippen molar-refractivity contribution < 1.29 is 4.79 Å². The van der Waals surface area contributed by atoms with Crippen LogP contribution in [0.2, 0.25) is 0 Å². The lowest BCUT2D eigenvalue weighted by molar-refractivity contribution is -0.122. The van der Waals surface area contributed by atoms with Gasteiger partial charge in [-0.15, -0.1) is 0 Å². The van der Waals surface area contributed by atoms with Crippen LogP contribution in [0.5, 0.6) is 0 Å². The largest absolute Gasteiger partial charge is 0.356 e. The van der Waals surface area contributed by atoms with Gasteiger partial charge in [-0.05, 0) is 30.7 Å². The van der Waals surface area contributed by atoms with E-state index in [1.807, 2.05) is 0 Å². The minimum atomic E-state index is 0.168. The molecule has 3 atom stereocenters. The zero-order valence-electron chi connectivity index (χ0n) is 9.25. The van der Waals surface area contributed by atoms with Crippen molar-refractivity contribution in [2.75, 3.05) is 13.1 Å². The van der Waals surface area contributed by atoms with E-state index in [-0.39, 0.29) is 5.91 Å². The molecule has 3 nitrogen and oxygen atoms in total. The fraction of sp³-hybridized carbons (Fsp3) is 0.909. The van der Waals surface area contributed by atoms with Crippen LogP contribution in [0.3, 0.4) is 0 Å². The summed E-state index contributed by atoms with van der Waals surface area (Å²) in [6.45, 7) is 5.78. The first-order valence-electron chi connectivity index (χ1n) is 5.64. The quantitative estimate of drug-likeness (QED) is 0.672. The third kappa shape index (κ3) is 3.66. The molecule has 0 radical (unpaired) electrons. The molecule has 1 saturated carbocycles. The van der Waals surface area contributed by atoms with Gasteiger partial charge in [0.15, 0.2) is 0 Å². The van der Waals surface area contributed by atoms with Crippen molar-refractivity contribution in [1.29, 1.82) is 0 Å². The molecule has 82 valence electrons. The number of carbonyl (C=O) groups is 1. The van der Waals surface area contributed by atoms with Crippen molar-refractivity contribution in [3.63, 3.8) is 0 Å². The fourth-order valence-corrected chi connectivity index (χ4v) is 1.66. The lowest BCUT2D eigenvalue weighted by Crippen LogP contribution is -2.29. The molecule has 0 aromatic heterocycles. The second-order valence-corrected chi connectivity index (χ2v) is 4.49. The smallest absolute Gasteiger partial charge is 0.220 e. The van der Waals surface area contributed by atoms with Gasteiger partial charge in [0, 0.05) is 13.0 Å². The first-order valence-corrected chi connectivity index (χ1v) is 5.64. The van der Waals surface area contributed by atoms with Crippen molar-refractivity contribution in [1.82, 2.24) is 5.32 Å². The Morgan fingerprint density at radius 1 is 1.64 bits per heavy atom. The summed E-state index contributed by atoms with van der Waals surface area (Å²) in [6, 6.07) is 0. The summed E-state index contributed by atoms with van der Waals surface area (Å²) in [5.74, 6) is 2.07. The minimum absolute atomic E-state index is 0.168. The highest BCUT2D eigenvalue weighted by atomic mass is 16.1. The maximum Gasteiger partial charge on any atom is 0.220 e. The average Bonchev–Trinajstić information content (AvgIpc) is 2.88. The van der Waals surface area contributed by atoms with Gasteiger partial charge in [-0.25, -0.2) is 0 Å². The summed E-state index contributed by atoms with van der Waals surface area (Å²) in [5, 5.41) is 2.98. The molecule has 0 aromatic rings. The molecule has 3 N–H and O–H groups in total. The van der Waals surface area contributed by atoms with E-state index in [0.717, 1.165) is 24.8 Å². The first-order chi connectivity index (χ1) is 6.67. The van der Waals surface area contributed by atoms with E-state index in [9.17, 15) is 4.79 Å². The van der Waals surface area contributed by atoms with Crippen LogP contribution in [-0.4, -0.2) is 19.0 Å². The summed E-state index contributed by atoms with van der Waals surface area (Å²) in [5.41, 5.74) is 5.54. The van der Waals surface area contributed by atoms with Gasteiger partial charge in [-0.2, -0.15) is 0 Å². The molecule has 14 heavy (non-hydrogen) atoms. The number of nitrogens with two attached hydrogens (primary N) is 1. The number of nitrogens with one attached hydrogen (secondary N) is 1. The highest BCUT2D eigenvalue weighted by Gasteiger charge is 2.32. The monoisotopic (exact) mass is 198 g/mol. The highest BCUT2D eigenvalue weighted by molar-refractivity contribution is 5.76. The molecule has 3 heteroatoms. The molecular formula is C11H22N2O. The van der Waals surface area contributed by atoms with Gasteiger partial charge >= 0.3 is 0 Å². The van der Waals surface area contributed by atoms with E-state index in [2.05, 4.69) is 19.2 Å². The van der Waals surface area contributed by atoms with Gasteiger partial charge in [0.1, 0.15) is 0 Å².